The van der Waals surface area contributed by atoms with Gasteiger partial charge >= 0.3 is 0 Å². The molecule has 1 unspecified atom stereocenters. The van der Waals surface area contributed by atoms with E-state index >= 15 is 0 Å². The van der Waals surface area contributed by atoms with Crippen molar-refractivity contribution in [1.82, 2.24) is 20.4 Å². The second-order valence-electron chi connectivity index (χ2n) is 7.08. The highest BCUT2D eigenvalue weighted by atomic mass is 32.1. The van der Waals surface area contributed by atoms with E-state index in [2.05, 4.69) is 50.7 Å². The molecular weight excluding hydrogens is 358 g/mol. The number of thiophene rings is 1. The molecule has 2 aromatic rings. The molecule has 0 spiro atoms. The molecule has 1 aromatic carbocycles. The molecule has 1 fully saturated rings. The van der Waals surface area contributed by atoms with Crippen LogP contribution in [0, 0.1) is 0 Å². The molecule has 1 aliphatic heterocycles. The van der Waals surface area contributed by atoms with Gasteiger partial charge in [0.25, 0.3) is 0 Å². The van der Waals surface area contributed by atoms with Crippen LogP contribution in [0.15, 0.2) is 35.3 Å². The number of likely N-dealkylation sites (N-methyl/N-ethyl adjacent to an activating group) is 1. The Kier molecular flexibility index (Phi) is 7.46. The molecule has 0 aliphatic carbocycles. The molecule has 1 atom stereocenters. The van der Waals surface area contributed by atoms with Crippen LogP contribution in [-0.4, -0.2) is 80.8 Å². The molecule has 1 saturated heterocycles. The summed E-state index contributed by atoms with van der Waals surface area (Å²) in [6.07, 6.45) is 0.687. The summed E-state index contributed by atoms with van der Waals surface area (Å²) in [6.45, 7) is 6.89. The predicted octanol–water partition coefficient (Wildman–Crippen LogP) is 1.74. The summed E-state index contributed by atoms with van der Waals surface area (Å²) in [5.74, 6) is 0.738. The molecule has 7 heteroatoms. The highest BCUT2D eigenvalue weighted by Gasteiger charge is 2.13. The van der Waals surface area contributed by atoms with Crippen molar-refractivity contribution in [3.05, 3.63) is 35.2 Å². The first-order valence-corrected chi connectivity index (χ1v) is 10.5. The van der Waals surface area contributed by atoms with Crippen LogP contribution in [0.25, 0.3) is 10.1 Å². The van der Waals surface area contributed by atoms with Crippen molar-refractivity contribution in [3.63, 3.8) is 0 Å². The summed E-state index contributed by atoms with van der Waals surface area (Å²) in [5.41, 5.74) is 0. The summed E-state index contributed by atoms with van der Waals surface area (Å²) in [5, 5.41) is 18.3. The van der Waals surface area contributed by atoms with Crippen LogP contribution in [0.1, 0.15) is 17.4 Å². The molecule has 3 N–H and O–H groups in total. The number of fused-ring (bicyclic) bond motifs is 1. The fourth-order valence-corrected chi connectivity index (χ4v) is 4.39. The van der Waals surface area contributed by atoms with Crippen molar-refractivity contribution in [3.8, 4) is 0 Å². The first-order chi connectivity index (χ1) is 13.2. The fourth-order valence-electron chi connectivity index (χ4n) is 3.34. The number of aliphatic hydroxyl groups excluding tert-OH is 1. The third-order valence-corrected chi connectivity index (χ3v) is 6.21. The van der Waals surface area contributed by atoms with E-state index in [-0.39, 0.29) is 0 Å². The van der Waals surface area contributed by atoms with Crippen LogP contribution in [0.2, 0.25) is 0 Å². The fraction of sp³-hybridized carbons (Fsp3) is 0.550. The summed E-state index contributed by atoms with van der Waals surface area (Å²) in [7, 11) is 3.96. The van der Waals surface area contributed by atoms with Crippen LogP contribution in [0.3, 0.4) is 0 Å². The lowest BCUT2D eigenvalue weighted by molar-refractivity contribution is 0.184. The van der Waals surface area contributed by atoms with Crippen molar-refractivity contribution in [1.29, 1.82) is 0 Å². The number of hydrogen-bond donors (Lipinski definition) is 3. The lowest BCUT2D eigenvalue weighted by Gasteiger charge is -2.21. The van der Waals surface area contributed by atoms with Gasteiger partial charge in [0.05, 0.1) is 0 Å². The van der Waals surface area contributed by atoms with Crippen molar-refractivity contribution in [2.24, 2.45) is 4.99 Å². The lowest BCUT2D eigenvalue weighted by Crippen LogP contribution is -2.43. The molecule has 0 saturated carbocycles. The van der Waals surface area contributed by atoms with Crippen molar-refractivity contribution in [2.45, 2.75) is 12.5 Å². The van der Waals surface area contributed by atoms with E-state index < -0.39 is 6.10 Å². The molecule has 1 aromatic heterocycles. The minimum atomic E-state index is -0.540. The SMILES string of the molecule is CN=C(NCCN1CCCN(C)CC1)NCC(O)c1cc2ccccc2s1. The molecule has 27 heavy (non-hydrogen) atoms. The van der Waals surface area contributed by atoms with Crippen molar-refractivity contribution < 1.29 is 5.11 Å². The lowest BCUT2D eigenvalue weighted by atomic mass is 10.2. The Labute approximate surface area is 165 Å². The predicted molar refractivity (Wildman–Crippen MR) is 115 cm³/mol. The molecule has 0 radical (unpaired) electrons. The van der Waals surface area contributed by atoms with Gasteiger partial charge in [0.1, 0.15) is 6.10 Å². The van der Waals surface area contributed by atoms with Gasteiger partial charge in [-0.15, -0.1) is 11.3 Å². The zero-order chi connectivity index (χ0) is 19.1. The average molecular weight is 390 g/mol. The first kappa shape index (κ1) is 20.1. The van der Waals surface area contributed by atoms with Crippen molar-refractivity contribution >= 4 is 27.4 Å². The summed E-state index contributed by atoms with van der Waals surface area (Å²) in [4.78, 5) is 10.1. The van der Waals surface area contributed by atoms with Crippen molar-refractivity contribution in [2.75, 3.05) is 59.9 Å². The molecule has 1 aliphatic rings. The number of aliphatic imine (C=N–C) groups is 1. The van der Waals surface area contributed by atoms with Gasteiger partial charge in [-0.25, -0.2) is 0 Å². The van der Waals surface area contributed by atoms with E-state index in [1.807, 2.05) is 12.1 Å². The second kappa shape index (κ2) is 10.0. The highest BCUT2D eigenvalue weighted by Crippen LogP contribution is 2.29. The highest BCUT2D eigenvalue weighted by molar-refractivity contribution is 7.19. The molecule has 6 nitrogen and oxygen atoms in total. The summed E-state index contributed by atoms with van der Waals surface area (Å²) >= 11 is 1.64. The molecule has 2 heterocycles. The third kappa shape index (κ3) is 5.90. The Balaban J connectivity index is 1.42. The molecule has 0 amide bonds. The van der Waals surface area contributed by atoms with E-state index in [0.29, 0.717) is 6.54 Å². The number of guanidine groups is 1. The van der Waals surface area contributed by atoms with Crippen LogP contribution in [0.5, 0.6) is 0 Å². The van der Waals surface area contributed by atoms with Gasteiger partial charge in [-0.05, 0) is 44.1 Å². The Morgan fingerprint density at radius 2 is 2.07 bits per heavy atom. The number of nitrogens with one attached hydrogen (secondary N) is 2. The second-order valence-corrected chi connectivity index (χ2v) is 8.20. The van der Waals surface area contributed by atoms with E-state index in [9.17, 15) is 5.11 Å². The topological polar surface area (TPSA) is 63.1 Å². The quantitative estimate of drug-likeness (QED) is 0.519. The summed E-state index contributed by atoms with van der Waals surface area (Å²) in [6, 6.07) is 10.3. The Morgan fingerprint density at radius 3 is 2.89 bits per heavy atom. The normalized spacial score (nSPS) is 18.4. The van der Waals surface area contributed by atoms with Crippen LogP contribution < -0.4 is 10.6 Å². The maximum Gasteiger partial charge on any atom is 0.191 e. The monoisotopic (exact) mass is 389 g/mol. The first-order valence-electron chi connectivity index (χ1n) is 9.67. The zero-order valence-corrected chi connectivity index (χ0v) is 17.1. The standard InChI is InChI=1S/C20H31N5OS/c1-21-20(22-8-11-25-10-5-9-24(2)12-13-25)23-15-17(26)19-14-16-6-3-4-7-18(16)27-19/h3-4,6-7,14,17,26H,5,8-13,15H2,1-2H3,(H2,21,22,23). The number of rotatable bonds is 6. The Bertz CT molecular complexity index is 714. The van der Waals surface area contributed by atoms with Gasteiger partial charge in [-0.3, -0.25) is 4.99 Å². The van der Waals surface area contributed by atoms with Gasteiger partial charge < -0.3 is 25.5 Å². The molecule has 3 rings (SSSR count). The van der Waals surface area contributed by atoms with Crippen LogP contribution in [0.4, 0.5) is 0 Å². The molecule has 148 valence electrons. The largest absolute Gasteiger partial charge is 0.386 e. The van der Waals surface area contributed by atoms with E-state index in [4.69, 9.17) is 0 Å². The minimum Gasteiger partial charge on any atom is -0.386 e. The number of benzene rings is 1. The smallest absolute Gasteiger partial charge is 0.191 e. The Hall–Kier alpha value is -1.67. The number of hydrogen-bond acceptors (Lipinski definition) is 5. The van der Waals surface area contributed by atoms with E-state index in [0.717, 1.165) is 43.6 Å². The molecular formula is C20H31N5OS. The minimum absolute atomic E-state index is 0.445. The van der Waals surface area contributed by atoms with E-state index in [1.54, 1.807) is 18.4 Å². The number of nitrogens with zero attached hydrogens (tertiary/aromatic N) is 3. The maximum absolute atomic E-state index is 10.5. The zero-order valence-electron chi connectivity index (χ0n) is 16.3. The van der Waals surface area contributed by atoms with Gasteiger partial charge in [0, 0.05) is 49.3 Å². The van der Waals surface area contributed by atoms with Gasteiger partial charge in [0.2, 0.25) is 0 Å². The van der Waals surface area contributed by atoms with E-state index in [1.165, 1.54) is 23.1 Å². The Morgan fingerprint density at radius 1 is 1.22 bits per heavy atom. The van der Waals surface area contributed by atoms with Crippen LogP contribution >= 0.6 is 11.3 Å². The van der Waals surface area contributed by atoms with Gasteiger partial charge in [-0.2, -0.15) is 0 Å². The van der Waals surface area contributed by atoms with Gasteiger partial charge in [0.15, 0.2) is 5.96 Å². The average Bonchev–Trinajstić information content (AvgIpc) is 3.01. The number of aliphatic hydroxyl groups is 1. The molecule has 0 bridgehead atoms. The summed E-state index contributed by atoms with van der Waals surface area (Å²) < 4.78 is 1.21. The van der Waals surface area contributed by atoms with Gasteiger partial charge in [-0.1, -0.05) is 18.2 Å². The third-order valence-electron chi connectivity index (χ3n) is 4.99. The maximum atomic E-state index is 10.5. The van der Waals surface area contributed by atoms with Crippen LogP contribution in [-0.2, 0) is 0 Å².